The van der Waals surface area contributed by atoms with Crippen LogP contribution < -0.4 is 0 Å². The fourth-order valence-electron chi connectivity index (χ4n) is 1.28. The highest BCUT2D eigenvalue weighted by Gasteiger charge is 2.09. The summed E-state index contributed by atoms with van der Waals surface area (Å²) in [5.74, 6) is 0. The summed E-state index contributed by atoms with van der Waals surface area (Å²) in [7, 11) is 0. The predicted molar refractivity (Wildman–Crippen MR) is 60.0 cm³/mol. The molecule has 0 amide bonds. The molecule has 1 atom stereocenters. The molecule has 0 aliphatic carbocycles. The van der Waals surface area contributed by atoms with Crippen LogP contribution in [0.2, 0.25) is 0 Å². The van der Waals surface area contributed by atoms with E-state index in [0.717, 1.165) is 11.4 Å². The Bertz CT molecular complexity index is 95.8. The maximum atomic E-state index is 3.50. The molecule has 0 rings (SSSR count). The van der Waals surface area contributed by atoms with E-state index < -0.39 is 0 Å². The average Bonchev–Trinajstić information content (AvgIpc) is 2.11. The average molecular weight is 236 g/mol. The van der Waals surface area contributed by atoms with E-state index in [-0.39, 0.29) is 0 Å². The lowest BCUT2D eigenvalue weighted by Gasteiger charge is -2.27. The van der Waals surface area contributed by atoms with Gasteiger partial charge in [-0.2, -0.15) is 0 Å². The monoisotopic (exact) mass is 235 g/mol. The van der Waals surface area contributed by atoms with E-state index in [1.807, 2.05) is 0 Å². The Morgan fingerprint density at radius 3 is 2.33 bits per heavy atom. The topological polar surface area (TPSA) is 3.24 Å². The van der Waals surface area contributed by atoms with Crippen LogP contribution in [0.25, 0.3) is 0 Å². The zero-order valence-corrected chi connectivity index (χ0v) is 10.2. The molecule has 0 saturated heterocycles. The van der Waals surface area contributed by atoms with Crippen molar-refractivity contribution >= 4 is 15.9 Å². The summed E-state index contributed by atoms with van der Waals surface area (Å²) in [6.45, 7) is 9.28. The van der Waals surface area contributed by atoms with Crippen LogP contribution in [0.5, 0.6) is 0 Å². The number of unbranched alkanes of at least 4 members (excludes halogenated alkanes) is 1. The van der Waals surface area contributed by atoms with Crippen LogP contribution in [0.4, 0.5) is 0 Å². The van der Waals surface area contributed by atoms with Crippen LogP contribution in [0.15, 0.2) is 0 Å². The second-order valence-corrected chi connectivity index (χ2v) is 4.13. The molecule has 1 unspecified atom stereocenters. The number of hydrogen-bond acceptors (Lipinski definition) is 1. The first-order chi connectivity index (χ1) is 5.76. The highest BCUT2D eigenvalue weighted by molar-refractivity contribution is 9.09. The van der Waals surface area contributed by atoms with Crippen molar-refractivity contribution in [3.05, 3.63) is 0 Å². The van der Waals surface area contributed by atoms with Crippen LogP contribution in [-0.2, 0) is 0 Å². The van der Waals surface area contributed by atoms with Gasteiger partial charge in [0.2, 0.25) is 0 Å². The van der Waals surface area contributed by atoms with E-state index in [9.17, 15) is 0 Å². The van der Waals surface area contributed by atoms with Crippen molar-refractivity contribution < 1.29 is 0 Å². The maximum absolute atomic E-state index is 3.50. The number of nitrogens with zero attached hydrogens (tertiary/aromatic N) is 1. The number of alkyl halides is 1. The lowest BCUT2D eigenvalue weighted by Crippen LogP contribution is -2.35. The molecule has 0 heterocycles. The largest absolute Gasteiger partial charge is 0.300 e. The Morgan fingerprint density at radius 1 is 1.25 bits per heavy atom. The fraction of sp³-hybridized carbons (Fsp3) is 1.00. The summed E-state index contributed by atoms with van der Waals surface area (Å²) in [6.07, 6.45) is 3.89. The summed E-state index contributed by atoms with van der Waals surface area (Å²) in [4.78, 5) is 2.57. The Hall–Kier alpha value is 0.440. The van der Waals surface area contributed by atoms with E-state index in [4.69, 9.17) is 0 Å². The molecule has 0 aromatic rings. The summed E-state index contributed by atoms with van der Waals surface area (Å²) in [6, 6.07) is 0.745. The van der Waals surface area contributed by atoms with Crippen LogP contribution in [0, 0.1) is 0 Å². The summed E-state index contributed by atoms with van der Waals surface area (Å²) in [5, 5.41) is 1.10. The van der Waals surface area contributed by atoms with Gasteiger partial charge in [0.1, 0.15) is 0 Å². The summed E-state index contributed by atoms with van der Waals surface area (Å²) >= 11 is 3.50. The molecular weight excluding hydrogens is 214 g/mol. The molecule has 74 valence electrons. The summed E-state index contributed by atoms with van der Waals surface area (Å²) in [5.41, 5.74) is 0. The Morgan fingerprint density at radius 2 is 1.92 bits per heavy atom. The molecule has 0 fully saturated rings. The zero-order valence-electron chi connectivity index (χ0n) is 8.65. The van der Waals surface area contributed by atoms with Gasteiger partial charge in [0.15, 0.2) is 0 Å². The van der Waals surface area contributed by atoms with Gasteiger partial charge in [0, 0.05) is 17.9 Å². The standard InChI is InChI=1S/C10H22BrN/c1-4-6-8-12(9-7-11)10(3)5-2/h10H,4-9H2,1-3H3. The molecule has 0 radical (unpaired) electrons. The molecule has 0 aliphatic heterocycles. The first-order valence-corrected chi connectivity index (χ1v) is 6.18. The molecule has 0 aliphatic rings. The molecule has 0 bridgehead atoms. The second kappa shape index (κ2) is 8.06. The van der Waals surface area contributed by atoms with E-state index in [0.29, 0.717) is 0 Å². The van der Waals surface area contributed by atoms with Gasteiger partial charge in [-0.25, -0.2) is 0 Å². The Balaban J connectivity index is 3.68. The van der Waals surface area contributed by atoms with Gasteiger partial charge >= 0.3 is 0 Å². The van der Waals surface area contributed by atoms with Crippen molar-refractivity contribution in [2.45, 2.75) is 46.1 Å². The van der Waals surface area contributed by atoms with E-state index in [1.165, 1.54) is 32.4 Å². The van der Waals surface area contributed by atoms with Crippen molar-refractivity contribution in [3.63, 3.8) is 0 Å². The molecule has 1 nitrogen and oxygen atoms in total. The highest BCUT2D eigenvalue weighted by atomic mass is 79.9. The molecule has 0 spiro atoms. The van der Waals surface area contributed by atoms with Crippen molar-refractivity contribution in [2.24, 2.45) is 0 Å². The Kier molecular flexibility index (Phi) is 8.35. The lowest BCUT2D eigenvalue weighted by molar-refractivity contribution is 0.214. The first kappa shape index (κ1) is 12.4. The normalized spacial score (nSPS) is 13.8. The third kappa shape index (κ3) is 5.15. The summed E-state index contributed by atoms with van der Waals surface area (Å²) < 4.78 is 0. The highest BCUT2D eigenvalue weighted by Crippen LogP contribution is 2.05. The number of hydrogen-bond donors (Lipinski definition) is 0. The third-order valence-corrected chi connectivity index (χ3v) is 2.74. The minimum atomic E-state index is 0.745. The van der Waals surface area contributed by atoms with Crippen LogP contribution in [-0.4, -0.2) is 29.4 Å². The number of rotatable bonds is 7. The molecule has 2 heteroatoms. The van der Waals surface area contributed by atoms with Gasteiger partial charge in [-0.15, -0.1) is 0 Å². The van der Waals surface area contributed by atoms with Crippen LogP contribution >= 0.6 is 15.9 Å². The van der Waals surface area contributed by atoms with Crippen molar-refractivity contribution in [3.8, 4) is 0 Å². The molecule has 0 aromatic heterocycles. The van der Waals surface area contributed by atoms with E-state index in [1.54, 1.807) is 0 Å². The molecule has 0 saturated carbocycles. The first-order valence-electron chi connectivity index (χ1n) is 5.06. The van der Waals surface area contributed by atoms with Crippen LogP contribution in [0.1, 0.15) is 40.0 Å². The quantitative estimate of drug-likeness (QED) is 0.613. The third-order valence-electron chi connectivity index (χ3n) is 2.38. The van der Waals surface area contributed by atoms with Crippen molar-refractivity contribution in [2.75, 3.05) is 18.4 Å². The van der Waals surface area contributed by atoms with E-state index in [2.05, 4.69) is 41.6 Å². The van der Waals surface area contributed by atoms with E-state index >= 15 is 0 Å². The zero-order chi connectivity index (χ0) is 9.40. The molecular formula is C10H22BrN. The smallest absolute Gasteiger partial charge is 0.0159 e. The molecule has 0 aromatic carbocycles. The van der Waals surface area contributed by atoms with Gasteiger partial charge in [0.25, 0.3) is 0 Å². The minimum absolute atomic E-state index is 0.745. The molecule has 12 heavy (non-hydrogen) atoms. The van der Waals surface area contributed by atoms with Gasteiger partial charge < -0.3 is 0 Å². The number of halogens is 1. The Labute approximate surface area is 85.7 Å². The maximum Gasteiger partial charge on any atom is 0.0159 e. The predicted octanol–water partition coefficient (Wildman–Crippen LogP) is 3.28. The lowest BCUT2D eigenvalue weighted by atomic mass is 10.2. The van der Waals surface area contributed by atoms with Crippen molar-refractivity contribution in [1.82, 2.24) is 4.90 Å². The van der Waals surface area contributed by atoms with Gasteiger partial charge in [0.05, 0.1) is 0 Å². The van der Waals surface area contributed by atoms with Crippen molar-refractivity contribution in [1.29, 1.82) is 0 Å². The van der Waals surface area contributed by atoms with Gasteiger partial charge in [-0.3, -0.25) is 4.90 Å². The van der Waals surface area contributed by atoms with Gasteiger partial charge in [-0.1, -0.05) is 36.2 Å². The SMILES string of the molecule is CCCCN(CCBr)C(C)CC. The minimum Gasteiger partial charge on any atom is -0.300 e. The second-order valence-electron chi connectivity index (χ2n) is 3.34. The van der Waals surface area contributed by atoms with Gasteiger partial charge in [-0.05, 0) is 26.3 Å². The fourth-order valence-corrected chi connectivity index (χ4v) is 1.74. The molecule has 0 N–H and O–H groups in total. The van der Waals surface area contributed by atoms with Crippen LogP contribution in [0.3, 0.4) is 0 Å².